The zero-order chi connectivity index (χ0) is 23.8. The summed E-state index contributed by atoms with van der Waals surface area (Å²) in [7, 11) is 1.63. The molecule has 0 saturated carbocycles. The Morgan fingerprint density at radius 2 is 1.82 bits per heavy atom. The Morgan fingerprint density at radius 3 is 2.65 bits per heavy atom. The highest BCUT2D eigenvalue weighted by molar-refractivity contribution is 5.98. The largest absolute Gasteiger partial charge is 0.497 e. The van der Waals surface area contributed by atoms with Gasteiger partial charge in [0.05, 0.1) is 7.11 Å². The van der Waals surface area contributed by atoms with Gasteiger partial charge in [0.25, 0.3) is 0 Å². The van der Waals surface area contributed by atoms with Crippen LogP contribution in [-0.4, -0.2) is 35.5 Å². The maximum atomic E-state index is 12.4. The van der Waals surface area contributed by atoms with E-state index in [1.807, 2.05) is 36.4 Å². The van der Waals surface area contributed by atoms with E-state index in [1.54, 1.807) is 7.11 Å². The third kappa shape index (κ3) is 6.31. The Kier molecular flexibility index (Phi) is 8.07. The molecule has 1 amide bonds. The van der Waals surface area contributed by atoms with Crippen LogP contribution in [0.4, 0.5) is 0 Å². The molecule has 0 unspecified atom stereocenters. The Balaban J connectivity index is 1.09. The van der Waals surface area contributed by atoms with Crippen molar-refractivity contribution < 1.29 is 18.8 Å². The SMILES string of the molecule is COc1ccc(-c2noc(CCCCCNC(=O)CCC(=O)c3ccc4c(c3)CCC4)n2)cc1. The van der Waals surface area contributed by atoms with Crippen LogP contribution in [0.3, 0.4) is 0 Å². The summed E-state index contributed by atoms with van der Waals surface area (Å²) in [6.07, 6.45) is 7.19. The number of amides is 1. The monoisotopic (exact) mass is 461 g/mol. The number of nitrogens with zero attached hydrogens (tertiary/aromatic N) is 2. The molecule has 1 heterocycles. The predicted molar refractivity (Wildman–Crippen MR) is 129 cm³/mol. The number of carbonyl (C=O) groups is 2. The van der Waals surface area contributed by atoms with Crippen molar-refractivity contribution in [1.29, 1.82) is 0 Å². The molecular weight excluding hydrogens is 430 g/mol. The van der Waals surface area contributed by atoms with Gasteiger partial charge in [-0.1, -0.05) is 23.7 Å². The quantitative estimate of drug-likeness (QED) is 0.310. The van der Waals surface area contributed by atoms with Gasteiger partial charge in [-0.3, -0.25) is 9.59 Å². The van der Waals surface area contributed by atoms with Crippen LogP contribution in [0, 0.1) is 0 Å². The fraction of sp³-hybridized carbons (Fsp3) is 0.407. The van der Waals surface area contributed by atoms with Gasteiger partial charge < -0.3 is 14.6 Å². The maximum Gasteiger partial charge on any atom is 0.226 e. The van der Waals surface area contributed by atoms with Crippen LogP contribution < -0.4 is 10.1 Å². The number of rotatable bonds is 12. The van der Waals surface area contributed by atoms with E-state index in [1.165, 1.54) is 11.1 Å². The van der Waals surface area contributed by atoms with Crippen LogP contribution in [0.5, 0.6) is 5.75 Å². The second-order valence-electron chi connectivity index (χ2n) is 8.66. The number of hydrogen-bond donors (Lipinski definition) is 1. The molecule has 1 aliphatic rings. The van der Waals surface area contributed by atoms with E-state index >= 15 is 0 Å². The van der Waals surface area contributed by atoms with Crippen molar-refractivity contribution in [2.24, 2.45) is 0 Å². The summed E-state index contributed by atoms with van der Waals surface area (Å²) in [6, 6.07) is 13.5. The fourth-order valence-electron chi connectivity index (χ4n) is 4.22. The molecule has 1 aliphatic carbocycles. The van der Waals surface area contributed by atoms with E-state index in [9.17, 15) is 9.59 Å². The smallest absolute Gasteiger partial charge is 0.226 e. The summed E-state index contributed by atoms with van der Waals surface area (Å²) < 4.78 is 10.5. The second-order valence-corrected chi connectivity index (χ2v) is 8.66. The van der Waals surface area contributed by atoms with Crippen LogP contribution in [0.15, 0.2) is 47.0 Å². The Bertz CT molecular complexity index is 1120. The molecule has 1 N–H and O–H groups in total. The van der Waals surface area contributed by atoms with E-state index in [0.29, 0.717) is 24.7 Å². The van der Waals surface area contributed by atoms with Crippen molar-refractivity contribution in [2.75, 3.05) is 13.7 Å². The molecular formula is C27H31N3O4. The van der Waals surface area contributed by atoms with Gasteiger partial charge in [-0.15, -0.1) is 0 Å². The third-order valence-corrected chi connectivity index (χ3v) is 6.21. The first-order valence-electron chi connectivity index (χ1n) is 12.0. The summed E-state index contributed by atoms with van der Waals surface area (Å²) in [4.78, 5) is 29.0. The lowest BCUT2D eigenvalue weighted by Gasteiger charge is -2.06. The van der Waals surface area contributed by atoms with Gasteiger partial charge in [0, 0.05) is 36.9 Å². The minimum absolute atomic E-state index is 0.0402. The number of ketones is 1. The molecule has 7 nitrogen and oxygen atoms in total. The molecule has 0 atom stereocenters. The first kappa shape index (κ1) is 23.7. The van der Waals surface area contributed by atoms with Gasteiger partial charge in [-0.05, 0) is 73.6 Å². The van der Waals surface area contributed by atoms with E-state index in [-0.39, 0.29) is 24.5 Å². The summed E-state index contributed by atoms with van der Waals surface area (Å²) in [6.45, 7) is 0.604. The topological polar surface area (TPSA) is 94.3 Å². The van der Waals surface area contributed by atoms with Crippen LogP contribution >= 0.6 is 0 Å². The summed E-state index contributed by atoms with van der Waals surface area (Å²) in [5.41, 5.74) is 4.25. The lowest BCUT2D eigenvalue weighted by Crippen LogP contribution is -2.24. The number of Topliss-reactive ketones (excluding diaryl/α,β-unsaturated/α-hetero) is 1. The molecule has 0 radical (unpaired) electrons. The average Bonchev–Trinajstić information content (AvgIpc) is 3.54. The first-order chi connectivity index (χ1) is 16.6. The number of carbonyl (C=O) groups excluding carboxylic acids is 2. The van der Waals surface area contributed by atoms with Crippen LogP contribution in [0.1, 0.15) is 65.9 Å². The lowest BCUT2D eigenvalue weighted by atomic mass is 10.0. The molecule has 7 heteroatoms. The predicted octanol–water partition coefficient (Wildman–Crippen LogP) is 4.73. The number of benzene rings is 2. The standard InChI is InChI=1S/C27H31N3O4/c1-33-23-13-11-20(12-14-23)27-29-26(34-30-27)8-3-2-4-17-28-25(32)16-15-24(31)22-10-9-19-6-5-7-21(19)18-22/h9-14,18H,2-8,15-17H2,1H3,(H,28,32). The van der Waals surface area contributed by atoms with E-state index in [0.717, 1.165) is 55.4 Å². The number of hydrogen-bond acceptors (Lipinski definition) is 6. The molecule has 0 saturated heterocycles. The normalized spacial score (nSPS) is 12.4. The number of ether oxygens (including phenoxy) is 1. The molecule has 34 heavy (non-hydrogen) atoms. The van der Waals surface area contributed by atoms with Gasteiger partial charge >= 0.3 is 0 Å². The van der Waals surface area contributed by atoms with E-state index < -0.39 is 0 Å². The van der Waals surface area contributed by atoms with Crippen molar-refractivity contribution >= 4 is 11.7 Å². The Morgan fingerprint density at radius 1 is 1.00 bits per heavy atom. The molecule has 0 fully saturated rings. The van der Waals surface area contributed by atoms with Crippen molar-refractivity contribution in [3.8, 4) is 17.1 Å². The molecule has 178 valence electrons. The maximum absolute atomic E-state index is 12.4. The number of nitrogens with one attached hydrogen (secondary N) is 1. The molecule has 2 aromatic carbocycles. The van der Waals surface area contributed by atoms with Crippen molar-refractivity contribution in [3.63, 3.8) is 0 Å². The highest BCUT2D eigenvalue weighted by Crippen LogP contribution is 2.23. The molecule has 1 aromatic heterocycles. The van der Waals surface area contributed by atoms with E-state index in [2.05, 4.69) is 21.5 Å². The van der Waals surface area contributed by atoms with Gasteiger partial charge in [-0.2, -0.15) is 4.98 Å². The lowest BCUT2D eigenvalue weighted by molar-refractivity contribution is -0.121. The average molecular weight is 462 g/mol. The van der Waals surface area contributed by atoms with Gasteiger partial charge in [0.1, 0.15) is 5.75 Å². The minimum Gasteiger partial charge on any atom is -0.497 e. The fourth-order valence-corrected chi connectivity index (χ4v) is 4.22. The second kappa shape index (κ2) is 11.6. The van der Waals surface area contributed by atoms with E-state index in [4.69, 9.17) is 9.26 Å². The molecule has 0 bridgehead atoms. The molecule has 0 spiro atoms. The molecule has 3 aromatic rings. The number of fused-ring (bicyclic) bond motifs is 1. The summed E-state index contributed by atoms with van der Waals surface area (Å²) >= 11 is 0. The summed E-state index contributed by atoms with van der Waals surface area (Å²) in [5, 5.41) is 6.95. The van der Waals surface area contributed by atoms with Crippen LogP contribution in [-0.2, 0) is 24.1 Å². The zero-order valence-electron chi connectivity index (χ0n) is 19.6. The van der Waals surface area contributed by atoms with Crippen molar-refractivity contribution in [3.05, 3.63) is 65.0 Å². The third-order valence-electron chi connectivity index (χ3n) is 6.21. The van der Waals surface area contributed by atoms with Crippen molar-refractivity contribution in [1.82, 2.24) is 15.5 Å². The number of aryl methyl sites for hydroxylation is 3. The Labute approximate surface area is 199 Å². The number of methoxy groups -OCH3 is 1. The molecule has 0 aliphatic heterocycles. The number of aromatic nitrogens is 2. The van der Waals surface area contributed by atoms with Gasteiger partial charge in [-0.25, -0.2) is 0 Å². The summed E-state index contributed by atoms with van der Waals surface area (Å²) in [5.74, 6) is 1.93. The minimum atomic E-state index is -0.0736. The molecule has 4 rings (SSSR count). The first-order valence-corrected chi connectivity index (χ1v) is 12.0. The van der Waals surface area contributed by atoms with Crippen LogP contribution in [0.25, 0.3) is 11.4 Å². The number of unbranched alkanes of at least 4 members (excludes halogenated alkanes) is 2. The van der Waals surface area contributed by atoms with Gasteiger partial charge in [0.15, 0.2) is 5.78 Å². The van der Waals surface area contributed by atoms with Gasteiger partial charge in [0.2, 0.25) is 17.6 Å². The highest BCUT2D eigenvalue weighted by Gasteiger charge is 2.15. The van der Waals surface area contributed by atoms with Crippen LogP contribution in [0.2, 0.25) is 0 Å². The Hall–Kier alpha value is -3.48. The van der Waals surface area contributed by atoms with Crippen molar-refractivity contribution in [2.45, 2.75) is 57.8 Å². The highest BCUT2D eigenvalue weighted by atomic mass is 16.5. The zero-order valence-corrected chi connectivity index (χ0v) is 19.6.